The second-order valence-corrected chi connectivity index (χ2v) is 3.74. The Labute approximate surface area is 79.7 Å². The molecular weight excluding hydrogens is 220 g/mol. The van der Waals surface area contributed by atoms with Crippen molar-refractivity contribution in [3.8, 4) is 0 Å². The Morgan fingerprint density at radius 2 is 2.25 bits per heavy atom. The molecule has 0 saturated carbocycles. The van der Waals surface area contributed by atoms with E-state index in [1.165, 1.54) is 5.69 Å². The molecule has 2 heterocycles. The highest BCUT2D eigenvalue weighted by atomic mass is 79.9. The number of nitrogens with one attached hydrogen (secondary N) is 1. The third-order valence-corrected chi connectivity index (χ3v) is 2.88. The van der Waals surface area contributed by atoms with Crippen molar-refractivity contribution in [1.29, 1.82) is 0 Å². The van der Waals surface area contributed by atoms with E-state index in [4.69, 9.17) is 4.74 Å². The van der Waals surface area contributed by atoms with Crippen molar-refractivity contribution in [2.24, 2.45) is 0 Å². The normalized spacial score (nSPS) is 19.8. The predicted molar refractivity (Wildman–Crippen MR) is 49.1 cm³/mol. The lowest BCUT2D eigenvalue weighted by Crippen LogP contribution is -2.14. The van der Waals surface area contributed by atoms with Gasteiger partial charge in [-0.3, -0.25) is 0 Å². The Morgan fingerprint density at radius 3 is 2.83 bits per heavy atom. The first kappa shape index (κ1) is 8.26. The molecule has 0 aliphatic carbocycles. The molecule has 1 saturated heterocycles. The van der Waals surface area contributed by atoms with Crippen molar-refractivity contribution in [3.05, 3.63) is 16.6 Å². The van der Waals surface area contributed by atoms with Crippen molar-refractivity contribution in [3.63, 3.8) is 0 Å². The number of nitrogens with zero attached hydrogens (tertiary/aromatic N) is 1. The number of ether oxygens (including phenoxy) is 1. The molecule has 66 valence electrons. The SMILES string of the molecule is Brc1nc[nH]c1C1CCOCC1. The minimum Gasteiger partial charge on any atom is -0.381 e. The minimum absolute atomic E-state index is 0.593. The van der Waals surface area contributed by atoms with Gasteiger partial charge in [0.1, 0.15) is 4.60 Å². The van der Waals surface area contributed by atoms with E-state index in [1.807, 2.05) is 0 Å². The van der Waals surface area contributed by atoms with E-state index < -0.39 is 0 Å². The van der Waals surface area contributed by atoms with Gasteiger partial charge in [-0.1, -0.05) is 0 Å². The van der Waals surface area contributed by atoms with Crippen LogP contribution in [0.2, 0.25) is 0 Å². The minimum atomic E-state index is 0.593. The molecule has 0 amide bonds. The van der Waals surface area contributed by atoms with Crippen LogP contribution in [0, 0.1) is 0 Å². The molecule has 4 heteroatoms. The molecule has 12 heavy (non-hydrogen) atoms. The number of aromatic nitrogens is 2. The van der Waals surface area contributed by atoms with Gasteiger partial charge in [-0.25, -0.2) is 4.98 Å². The molecule has 3 nitrogen and oxygen atoms in total. The molecule has 0 bridgehead atoms. The van der Waals surface area contributed by atoms with Gasteiger partial charge in [-0.15, -0.1) is 0 Å². The molecule has 1 aliphatic heterocycles. The predicted octanol–water partition coefficient (Wildman–Crippen LogP) is 2.07. The standard InChI is InChI=1S/C8H11BrN2O/c9-8-7(10-5-11-8)6-1-3-12-4-2-6/h5-6H,1-4H2,(H,10,11). The molecule has 1 aromatic rings. The number of aromatic amines is 1. The maximum atomic E-state index is 5.29. The van der Waals surface area contributed by atoms with Gasteiger partial charge < -0.3 is 9.72 Å². The molecular formula is C8H11BrN2O. The first-order valence-corrected chi connectivity index (χ1v) is 4.93. The average molecular weight is 231 g/mol. The highest BCUT2D eigenvalue weighted by Gasteiger charge is 2.19. The monoisotopic (exact) mass is 230 g/mol. The van der Waals surface area contributed by atoms with Gasteiger partial charge in [0.25, 0.3) is 0 Å². The molecule has 0 atom stereocenters. The number of halogens is 1. The molecule has 1 N–H and O–H groups in total. The number of hydrogen-bond donors (Lipinski definition) is 1. The Morgan fingerprint density at radius 1 is 1.50 bits per heavy atom. The highest BCUT2D eigenvalue weighted by Crippen LogP contribution is 2.29. The van der Waals surface area contributed by atoms with Crippen molar-refractivity contribution in [2.45, 2.75) is 18.8 Å². The van der Waals surface area contributed by atoms with E-state index in [0.29, 0.717) is 5.92 Å². The summed E-state index contributed by atoms with van der Waals surface area (Å²) in [6.07, 6.45) is 3.93. The van der Waals surface area contributed by atoms with E-state index in [0.717, 1.165) is 30.7 Å². The van der Waals surface area contributed by atoms with Crippen LogP contribution < -0.4 is 0 Å². The lowest BCUT2D eigenvalue weighted by Gasteiger charge is -2.20. The number of imidazole rings is 1. The van der Waals surface area contributed by atoms with Gasteiger partial charge in [-0.05, 0) is 28.8 Å². The summed E-state index contributed by atoms with van der Waals surface area (Å²) in [4.78, 5) is 7.27. The van der Waals surface area contributed by atoms with Gasteiger partial charge in [0.05, 0.1) is 12.0 Å². The largest absolute Gasteiger partial charge is 0.381 e. The molecule has 1 aliphatic rings. The fraction of sp³-hybridized carbons (Fsp3) is 0.625. The van der Waals surface area contributed by atoms with Crippen LogP contribution in [-0.4, -0.2) is 23.2 Å². The maximum absolute atomic E-state index is 5.29. The average Bonchev–Trinajstić information content (AvgIpc) is 2.53. The van der Waals surface area contributed by atoms with Gasteiger partial charge in [0.15, 0.2) is 0 Å². The molecule has 1 aromatic heterocycles. The zero-order valence-corrected chi connectivity index (χ0v) is 8.30. The zero-order chi connectivity index (χ0) is 8.39. The van der Waals surface area contributed by atoms with Crippen molar-refractivity contribution < 1.29 is 4.74 Å². The van der Waals surface area contributed by atoms with Crippen LogP contribution in [-0.2, 0) is 4.74 Å². The van der Waals surface area contributed by atoms with Crippen LogP contribution in [0.5, 0.6) is 0 Å². The van der Waals surface area contributed by atoms with E-state index >= 15 is 0 Å². The Kier molecular flexibility index (Phi) is 2.46. The second kappa shape index (κ2) is 3.58. The van der Waals surface area contributed by atoms with Crippen LogP contribution in [0.25, 0.3) is 0 Å². The van der Waals surface area contributed by atoms with Crippen LogP contribution in [0.4, 0.5) is 0 Å². The summed E-state index contributed by atoms with van der Waals surface area (Å²) < 4.78 is 6.24. The topological polar surface area (TPSA) is 37.9 Å². The van der Waals surface area contributed by atoms with E-state index in [2.05, 4.69) is 25.9 Å². The van der Waals surface area contributed by atoms with Crippen molar-refractivity contribution in [2.75, 3.05) is 13.2 Å². The van der Waals surface area contributed by atoms with Crippen molar-refractivity contribution >= 4 is 15.9 Å². The lowest BCUT2D eigenvalue weighted by atomic mass is 9.97. The Balaban J connectivity index is 2.13. The highest BCUT2D eigenvalue weighted by molar-refractivity contribution is 9.10. The van der Waals surface area contributed by atoms with Gasteiger partial charge >= 0.3 is 0 Å². The third kappa shape index (κ3) is 1.54. The van der Waals surface area contributed by atoms with Crippen LogP contribution in [0.1, 0.15) is 24.5 Å². The number of hydrogen-bond acceptors (Lipinski definition) is 2. The second-order valence-electron chi connectivity index (χ2n) is 2.99. The fourth-order valence-corrected chi connectivity index (χ4v) is 2.10. The number of rotatable bonds is 1. The van der Waals surface area contributed by atoms with Gasteiger partial charge in [0.2, 0.25) is 0 Å². The summed E-state index contributed by atoms with van der Waals surface area (Å²) in [5.41, 5.74) is 1.22. The van der Waals surface area contributed by atoms with Crippen LogP contribution in [0.3, 0.4) is 0 Å². The zero-order valence-electron chi connectivity index (χ0n) is 6.72. The Hall–Kier alpha value is -0.350. The molecule has 0 aromatic carbocycles. The van der Waals surface area contributed by atoms with Gasteiger partial charge in [-0.2, -0.15) is 0 Å². The maximum Gasteiger partial charge on any atom is 0.127 e. The van der Waals surface area contributed by atoms with E-state index in [9.17, 15) is 0 Å². The quantitative estimate of drug-likeness (QED) is 0.803. The summed E-state index contributed by atoms with van der Waals surface area (Å²) >= 11 is 3.42. The van der Waals surface area contributed by atoms with Crippen LogP contribution in [0.15, 0.2) is 10.9 Å². The number of H-pyrrole nitrogens is 1. The molecule has 2 rings (SSSR count). The smallest absolute Gasteiger partial charge is 0.127 e. The molecule has 0 unspecified atom stereocenters. The van der Waals surface area contributed by atoms with E-state index in [-0.39, 0.29) is 0 Å². The summed E-state index contributed by atoms with van der Waals surface area (Å²) in [5, 5.41) is 0. The van der Waals surface area contributed by atoms with Gasteiger partial charge in [0, 0.05) is 19.1 Å². The molecule has 0 spiro atoms. The molecule has 1 fully saturated rings. The summed E-state index contributed by atoms with van der Waals surface area (Å²) in [6, 6.07) is 0. The van der Waals surface area contributed by atoms with E-state index in [1.54, 1.807) is 6.33 Å². The Bertz CT molecular complexity index is 255. The summed E-state index contributed by atoms with van der Waals surface area (Å²) in [5.74, 6) is 0.593. The summed E-state index contributed by atoms with van der Waals surface area (Å²) in [6.45, 7) is 1.74. The summed E-state index contributed by atoms with van der Waals surface area (Å²) in [7, 11) is 0. The molecule has 0 radical (unpaired) electrons. The van der Waals surface area contributed by atoms with Crippen molar-refractivity contribution in [1.82, 2.24) is 9.97 Å². The third-order valence-electron chi connectivity index (χ3n) is 2.25. The first-order chi connectivity index (χ1) is 5.88. The lowest BCUT2D eigenvalue weighted by molar-refractivity contribution is 0.0844. The fourth-order valence-electron chi connectivity index (χ4n) is 1.56. The van der Waals surface area contributed by atoms with Crippen LogP contribution >= 0.6 is 15.9 Å². The first-order valence-electron chi connectivity index (χ1n) is 4.14.